The van der Waals surface area contributed by atoms with E-state index in [-0.39, 0.29) is 11.8 Å². The van der Waals surface area contributed by atoms with Gasteiger partial charge in [-0.1, -0.05) is 46.5 Å². The summed E-state index contributed by atoms with van der Waals surface area (Å²) >= 11 is 1.57. The monoisotopic (exact) mass is 364 g/mol. The van der Waals surface area contributed by atoms with Crippen LogP contribution in [0.5, 0.6) is 0 Å². The second kappa shape index (κ2) is 9.37. The Labute approximate surface area is 155 Å². The first-order valence-corrected chi connectivity index (χ1v) is 10.6. The van der Waals surface area contributed by atoms with E-state index in [0.717, 1.165) is 50.5 Å². The molecule has 0 aromatic carbocycles. The number of carbonyl (C=O) groups is 2. The van der Waals surface area contributed by atoms with Crippen LogP contribution in [-0.2, 0) is 17.6 Å². The third kappa shape index (κ3) is 4.84. The molecule has 5 heteroatoms. The Balaban J connectivity index is 2.20. The lowest BCUT2D eigenvalue weighted by molar-refractivity contribution is -0.120. The summed E-state index contributed by atoms with van der Waals surface area (Å²) in [5.41, 5.74) is 7.31. The molecule has 1 aromatic rings. The number of hydrogen-bond donors (Lipinski definition) is 2. The number of fused-ring (bicyclic) bond motifs is 1. The molecule has 4 nitrogen and oxygen atoms in total. The van der Waals surface area contributed by atoms with Crippen molar-refractivity contribution in [2.75, 3.05) is 5.32 Å². The Hall–Kier alpha value is -1.36. The van der Waals surface area contributed by atoms with Crippen LogP contribution < -0.4 is 11.1 Å². The average Bonchev–Trinajstić information content (AvgIpc) is 2.93. The van der Waals surface area contributed by atoms with Crippen LogP contribution in [0.4, 0.5) is 5.00 Å². The normalized spacial score (nSPS) is 17.8. The van der Waals surface area contributed by atoms with Crippen LogP contribution in [0.1, 0.15) is 86.5 Å². The van der Waals surface area contributed by atoms with E-state index in [1.54, 1.807) is 11.3 Å². The number of anilines is 1. The highest BCUT2D eigenvalue weighted by molar-refractivity contribution is 7.17. The van der Waals surface area contributed by atoms with Crippen molar-refractivity contribution in [2.24, 2.45) is 17.6 Å². The molecule has 0 spiro atoms. The third-order valence-corrected chi connectivity index (χ3v) is 6.49. The number of nitrogens with one attached hydrogen (secondary N) is 1. The lowest BCUT2D eigenvalue weighted by atomic mass is 9.84. The summed E-state index contributed by atoms with van der Waals surface area (Å²) in [5, 5.41) is 3.71. The molecule has 2 atom stereocenters. The van der Waals surface area contributed by atoms with Crippen LogP contribution >= 0.6 is 11.3 Å². The Morgan fingerprint density at radius 1 is 1.28 bits per heavy atom. The summed E-state index contributed by atoms with van der Waals surface area (Å²) in [6.45, 7) is 6.39. The first kappa shape index (κ1) is 20.0. The first-order valence-electron chi connectivity index (χ1n) is 9.76. The number of rotatable bonds is 9. The summed E-state index contributed by atoms with van der Waals surface area (Å²) in [5.74, 6) is 0.312. The van der Waals surface area contributed by atoms with E-state index in [4.69, 9.17) is 5.73 Å². The van der Waals surface area contributed by atoms with Gasteiger partial charge < -0.3 is 11.1 Å². The van der Waals surface area contributed by atoms with Crippen LogP contribution in [0.2, 0.25) is 0 Å². The topological polar surface area (TPSA) is 72.2 Å². The number of amides is 2. The minimum atomic E-state index is -0.414. The molecule has 25 heavy (non-hydrogen) atoms. The highest BCUT2D eigenvalue weighted by Crippen LogP contribution is 2.40. The fourth-order valence-electron chi connectivity index (χ4n) is 3.84. The minimum absolute atomic E-state index is 0.00708. The molecule has 2 unspecified atom stereocenters. The molecule has 1 aliphatic rings. The Bertz CT molecular complexity index is 609. The van der Waals surface area contributed by atoms with Gasteiger partial charge in [-0.05, 0) is 43.6 Å². The van der Waals surface area contributed by atoms with Crippen molar-refractivity contribution in [1.82, 2.24) is 0 Å². The molecule has 0 fully saturated rings. The quantitative estimate of drug-likeness (QED) is 0.653. The fourth-order valence-corrected chi connectivity index (χ4v) is 5.21. The maximum Gasteiger partial charge on any atom is 0.251 e. The van der Waals surface area contributed by atoms with Crippen molar-refractivity contribution in [1.29, 1.82) is 0 Å². The number of thiophene rings is 1. The average molecular weight is 365 g/mol. The maximum absolute atomic E-state index is 12.6. The summed E-state index contributed by atoms with van der Waals surface area (Å²) in [6, 6.07) is 0. The second-order valence-corrected chi connectivity index (χ2v) is 8.31. The van der Waals surface area contributed by atoms with Gasteiger partial charge in [0.2, 0.25) is 5.91 Å². The molecule has 2 rings (SSSR count). The molecule has 0 bridgehead atoms. The van der Waals surface area contributed by atoms with Gasteiger partial charge in [-0.15, -0.1) is 11.3 Å². The Morgan fingerprint density at radius 2 is 2.04 bits per heavy atom. The molecule has 0 aliphatic heterocycles. The number of primary amides is 1. The van der Waals surface area contributed by atoms with Gasteiger partial charge in [0.25, 0.3) is 5.91 Å². The summed E-state index contributed by atoms with van der Waals surface area (Å²) in [6.07, 6.45) is 9.29. The molecule has 2 amide bonds. The van der Waals surface area contributed by atoms with Gasteiger partial charge in [0, 0.05) is 10.8 Å². The van der Waals surface area contributed by atoms with Crippen molar-refractivity contribution in [3.8, 4) is 0 Å². The second-order valence-electron chi connectivity index (χ2n) is 7.21. The van der Waals surface area contributed by atoms with E-state index in [2.05, 4.69) is 19.2 Å². The first-order chi connectivity index (χ1) is 12.0. The molecule has 3 N–H and O–H groups in total. The molecule has 1 aliphatic carbocycles. The highest BCUT2D eigenvalue weighted by Gasteiger charge is 2.29. The van der Waals surface area contributed by atoms with Crippen molar-refractivity contribution in [2.45, 2.75) is 78.6 Å². The molecule has 0 saturated carbocycles. The van der Waals surface area contributed by atoms with Gasteiger partial charge in [-0.3, -0.25) is 9.59 Å². The number of unbranched alkanes of at least 4 members (excludes halogenated alkanes) is 1. The number of nitrogens with two attached hydrogens (primary N) is 1. The van der Waals surface area contributed by atoms with E-state index < -0.39 is 5.91 Å². The molecular weight excluding hydrogens is 332 g/mol. The van der Waals surface area contributed by atoms with Gasteiger partial charge >= 0.3 is 0 Å². The van der Waals surface area contributed by atoms with Crippen molar-refractivity contribution >= 4 is 28.2 Å². The third-order valence-electron chi connectivity index (χ3n) is 5.32. The van der Waals surface area contributed by atoms with Crippen LogP contribution in [0, 0.1) is 11.8 Å². The molecule has 1 heterocycles. The van der Waals surface area contributed by atoms with Gasteiger partial charge in [0.15, 0.2) is 0 Å². The highest BCUT2D eigenvalue weighted by atomic mass is 32.1. The molecule has 140 valence electrons. The lowest BCUT2D eigenvalue weighted by Gasteiger charge is -2.21. The minimum Gasteiger partial charge on any atom is -0.365 e. The zero-order chi connectivity index (χ0) is 18.4. The van der Waals surface area contributed by atoms with E-state index >= 15 is 0 Å². The van der Waals surface area contributed by atoms with Gasteiger partial charge in [0.05, 0.1) is 5.56 Å². The standard InChI is InChI=1S/C20H32N2O2S/c1-4-7-9-14(6-3)19(24)22-20-17(18(21)23)15-11-10-13(8-5-2)12-16(15)25-20/h13-14H,4-12H2,1-3H3,(H2,21,23)(H,22,24). The Morgan fingerprint density at radius 3 is 2.64 bits per heavy atom. The number of carbonyl (C=O) groups excluding carboxylic acids is 2. The molecular formula is C20H32N2O2S. The zero-order valence-electron chi connectivity index (χ0n) is 15.8. The van der Waals surface area contributed by atoms with Crippen LogP contribution in [-0.4, -0.2) is 11.8 Å². The largest absolute Gasteiger partial charge is 0.365 e. The van der Waals surface area contributed by atoms with E-state index in [1.165, 1.54) is 17.7 Å². The molecule has 0 radical (unpaired) electrons. The van der Waals surface area contributed by atoms with Gasteiger partial charge in [0.1, 0.15) is 5.00 Å². The van der Waals surface area contributed by atoms with Crippen molar-refractivity contribution < 1.29 is 9.59 Å². The van der Waals surface area contributed by atoms with Gasteiger partial charge in [-0.2, -0.15) is 0 Å². The maximum atomic E-state index is 12.6. The van der Waals surface area contributed by atoms with Crippen LogP contribution in [0.15, 0.2) is 0 Å². The van der Waals surface area contributed by atoms with Crippen LogP contribution in [0.3, 0.4) is 0 Å². The molecule has 1 aromatic heterocycles. The van der Waals surface area contributed by atoms with Crippen LogP contribution in [0.25, 0.3) is 0 Å². The Kier molecular flexibility index (Phi) is 7.48. The van der Waals surface area contributed by atoms with E-state index in [9.17, 15) is 9.59 Å². The smallest absolute Gasteiger partial charge is 0.251 e. The zero-order valence-corrected chi connectivity index (χ0v) is 16.6. The van der Waals surface area contributed by atoms with Crippen molar-refractivity contribution in [3.05, 3.63) is 16.0 Å². The van der Waals surface area contributed by atoms with Crippen molar-refractivity contribution in [3.63, 3.8) is 0 Å². The lowest BCUT2D eigenvalue weighted by Crippen LogP contribution is -2.24. The summed E-state index contributed by atoms with van der Waals surface area (Å²) in [7, 11) is 0. The summed E-state index contributed by atoms with van der Waals surface area (Å²) < 4.78 is 0. The van der Waals surface area contributed by atoms with Gasteiger partial charge in [-0.25, -0.2) is 0 Å². The predicted molar refractivity (Wildman–Crippen MR) is 105 cm³/mol. The summed E-state index contributed by atoms with van der Waals surface area (Å²) in [4.78, 5) is 25.9. The number of hydrogen-bond acceptors (Lipinski definition) is 3. The predicted octanol–water partition coefficient (Wildman–Crippen LogP) is 4.91. The molecule has 0 saturated heterocycles. The van der Waals surface area contributed by atoms with E-state index in [1.807, 2.05) is 6.92 Å². The SMILES string of the molecule is CCCCC(CC)C(=O)Nc1sc2c(c1C(N)=O)CCC(CCC)C2. The van der Waals surface area contributed by atoms with E-state index in [0.29, 0.717) is 16.5 Å². The fraction of sp³-hybridized carbons (Fsp3) is 0.700.